The van der Waals surface area contributed by atoms with Crippen molar-refractivity contribution in [1.29, 1.82) is 0 Å². The molecule has 0 unspecified atom stereocenters. The summed E-state index contributed by atoms with van der Waals surface area (Å²) < 4.78 is 5.30. The summed E-state index contributed by atoms with van der Waals surface area (Å²) in [5.74, 6) is 0.0110. The van der Waals surface area contributed by atoms with Crippen LogP contribution in [0, 0.1) is 29.1 Å². The second-order valence-corrected chi connectivity index (χ2v) is 10.0. The summed E-state index contributed by atoms with van der Waals surface area (Å²) in [4.78, 5) is 33.6. The molecule has 2 aromatic rings. The number of hydrogen-bond donors (Lipinski definition) is 3. The van der Waals surface area contributed by atoms with Crippen LogP contribution in [-0.2, 0) is 11.3 Å². The molecule has 8 heteroatoms. The minimum atomic E-state index is -0.612. The van der Waals surface area contributed by atoms with E-state index in [0.717, 1.165) is 25.7 Å². The molecule has 0 bridgehead atoms. The standard InChI is InChI=1S/C25H34N4O4/c1-15(23(31)28-13-17-5-4-12-33-17)18-6-8-25(3)9-7-19(16(2)21(25)22(18)30)29-24(32)20-14-26-10-11-27-20/h4-5,10-12,14-16,18-19,21-22,30H,6-9,13H2,1-3H3,(H,28,31)(H,29,32)/t15-,16+,18-,19-,21+,22-,25-/m0/s1. The number of aromatic nitrogens is 2. The molecule has 33 heavy (non-hydrogen) atoms. The van der Waals surface area contributed by atoms with E-state index < -0.39 is 6.10 Å². The van der Waals surface area contributed by atoms with Gasteiger partial charge in [-0.3, -0.25) is 14.6 Å². The first-order chi connectivity index (χ1) is 15.8. The van der Waals surface area contributed by atoms with Gasteiger partial charge in [0.25, 0.3) is 5.91 Å². The third kappa shape index (κ3) is 4.81. The van der Waals surface area contributed by atoms with Gasteiger partial charge in [0.1, 0.15) is 11.5 Å². The molecule has 0 aromatic carbocycles. The second kappa shape index (κ2) is 9.63. The van der Waals surface area contributed by atoms with E-state index in [2.05, 4.69) is 34.4 Å². The first-order valence-corrected chi connectivity index (χ1v) is 11.8. The van der Waals surface area contributed by atoms with Crippen molar-refractivity contribution >= 4 is 11.8 Å². The van der Waals surface area contributed by atoms with Gasteiger partial charge in [0.2, 0.25) is 5.91 Å². The van der Waals surface area contributed by atoms with Gasteiger partial charge in [-0.15, -0.1) is 0 Å². The van der Waals surface area contributed by atoms with Gasteiger partial charge in [-0.1, -0.05) is 20.8 Å². The number of aliphatic hydroxyl groups is 1. The van der Waals surface area contributed by atoms with Crippen LogP contribution in [0.5, 0.6) is 0 Å². The van der Waals surface area contributed by atoms with E-state index in [4.69, 9.17) is 4.42 Å². The van der Waals surface area contributed by atoms with Crippen LogP contribution in [0.25, 0.3) is 0 Å². The van der Waals surface area contributed by atoms with Crippen LogP contribution in [0.3, 0.4) is 0 Å². The van der Waals surface area contributed by atoms with E-state index in [9.17, 15) is 14.7 Å². The Labute approximate surface area is 194 Å². The molecule has 2 saturated carbocycles. The van der Waals surface area contributed by atoms with Gasteiger partial charge in [-0.2, -0.15) is 0 Å². The van der Waals surface area contributed by atoms with Crippen molar-refractivity contribution in [2.45, 2.75) is 65.1 Å². The van der Waals surface area contributed by atoms with Gasteiger partial charge < -0.3 is 20.2 Å². The lowest BCUT2D eigenvalue weighted by Crippen LogP contribution is -2.58. The lowest BCUT2D eigenvalue weighted by atomic mass is 9.51. The van der Waals surface area contributed by atoms with E-state index >= 15 is 0 Å². The Bertz CT molecular complexity index is 951. The summed E-state index contributed by atoms with van der Waals surface area (Å²) in [5, 5.41) is 17.6. The number of nitrogens with one attached hydrogen (secondary N) is 2. The number of carbonyl (C=O) groups is 2. The molecule has 2 fully saturated rings. The smallest absolute Gasteiger partial charge is 0.271 e. The van der Waals surface area contributed by atoms with Crippen molar-refractivity contribution in [3.8, 4) is 0 Å². The quantitative estimate of drug-likeness (QED) is 0.618. The number of fused-ring (bicyclic) bond motifs is 1. The third-order valence-electron chi connectivity index (χ3n) is 8.07. The maximum Gasteiger partial charge on any atom is 0.271 e. The lowest BCUT2D eigenvalue weighted by Gasteiger charge is -2.56. The average molecular weight is 455 g/mol. The Morgan fingerprint density at radius 1 is 1.30 bits per heavy atom. The van der Waals surface area contributed by atoms with Crippen LogP contribution < -0.4 is 10.6 Å². The highest BCUT2D eigenvalue weighted by Crippen LogP contribution is 2.55. The highest BCUT2D eigenvalue weighted by molar-refractivity contribution is 5.92. The first kappa shape index (κ1) is 23.4. The number of furan rings is 1. The Morgan fingerprint density at radius 2 is 2.09 bits per heavy atom. The topological polar surface area (TPSA) is 117 Å². The van der Waals surface area contributed by atoms with E-state index in [1.165, 1.54) is 18.6 Å². The molecule has 3 N–H and O–H groups in total. The van der Waals surface area contributed by atoms with E-state index in [1.807, 2.05) is 13.0 Å². The van der Waals surface area contributed by atoms with Crippen molar-refractivity contribution in [2.75, 3.05) is 0 Å². The lowest BCUT2D eigenvalue weighted by molar-refractivity contribution is -0.142. The second-order valence-electron chi connectivity index (χ2n) is 10.0. The fraction of sp³-hybridized carbons (Fsp3) is 0.600. The van der Waals surface area contributed by atoms with Gasteiger partial charge in [0, 0.05) is 24.4 Å². The monoisotopic (exact) mass is 454 g/mol. The average Bonchev–Trinajstić information content (AvgIpc) is 3.33. The predicted octanol–water partition coefficient (Wildman–Crippen LogP) is 2.94. The van der Waals surface area contributed by atoms with Crippen LogP contribution in [0.1, 0.15) is 62.7 Å². The Morgan fingerprint density at radius 3 is 2.79 bits per heavy atom. The summed E-state index contributed by atoms with van der Waals surface area (Å²) in [6, 6.07) is 3.56. The normalized spacial score (nSPS) is 32.4. The zero-order chi connectivity index (χ0) is 23.6. The van der Waals surface area contributed by atoms with E-state index in [0.29, 0.717) is 18.0 Å². The van der Waals surface area contributed by atoms with Gasteiger partial charge in [-0.25, -0.2) is 4.98 Å². The SMILES string of the molecule is C[C@H]1[C@@H]2[C@@H](O)[C@H]([C@H](C)C(=O)NCc3ccco3)CC[C@@]2(C)CC[C@@H]1NC(=O)c1cnccn1. The summed E-state index contributed by atoms with van der Waals surface area (Å²) in [6.45, 7) is 6.59. The van der Waals surface area contributed by atoms with Crippen LogP contribution in [0.2, 0.25) is 0 Å². The molecule has 2 amide bonds. The Balaban J connectivity index is 1.43. The molecular weight excluding hydrogens is 420 g/mol. The molecule has 7 atom stereocenters. The molecular formula is C25H34N4O4. The van der Waals surface area contributed by atoms with Gasteiger partial charge in [0.15, 0.2) is 0 Å². The highest BCUT2D eigenvalue weighted by Gasteiger charge is 2.53. The van der Waals surface area contributed by atoms with Crippen molar-refractivity contribution in [3.05, 3.63) is 48.4 Å². The Hall–Kier alpha value is -2.74. The van der Waals surface area contributed by atoms with Crippen LogP contribution in [-0.4, -0.2) is 39.0 Å². The molecule has 8 nitrogen and oxygen atoms in total. The van der Waals surface area contributed by atoms with Crippen LogP contribution in [0.4, 0.5) is 0 Å². The first-order valence-electron chi connectivity index (χ1n) is 11.8. The molecule has 2 aliphatic rings. The molecule has 0 aliphatic heterocycles. The number of aliphatic hydroxyl groups excluding tert-OH is 1. The van der Waals surface area contributed by atoms with Gasteiger partial charge >= 0.3 is 0 Å². The van der Waals surface area contributed by atoms with Crippen molar-refractivity contribution < 1.29 is 19.1 Å². The van der Waals surface area contributed by atoms with Crippen LogP contribution >= 0.6 is 0 Å². The molecule has 0 saturated heterocycles. The molecule has 2 aliphatic carbocycles. The van der Waals surface area contributed by atoms with Crippen molar-refractivity contribution in [3.63, 3.8) is 0 Å². The minimum absolute atomic E-state index is 0.00233. The number of rotatable bonds is 6. The number of nitrogens with zero attached hydrogens (tertiary/aromatic N) is 2. The Kier molecular flexibility index (Phi) is 6.83. The number of amides is 2. The zero-order valence-corrected chi connectivity index (χ0v) is 19.5. The fourth-order valence-corrected chi connectivity index (χ4v) is 6.10. The van der Waals surface area contributed by atoms with E-state index in [1.54, 1.807) is 12.3 Å². The highest BCUT2D eigenvalue weighted by atomic mass is 16.3. The largest absolute Gasteiger partial charge is 0.467 e. The van der Waals surface area contributed by atoms with Gasteiger partial charge in [0.05, 0.1) is 25.1 Å². The number of carbonyl (C=O) groups excluding carboxylic acids is 2. The summed E-state index contributed by atoms with van der Waals surface area (Å²) in [6.07, 6.45) is 9.03. The van der Waals surface area contributed by atoms with Gasteiger partial charge in [-0.05, 0) is 61.0 Å². The zero-order valence-electron chi connectivity index (χ0n) is 19.5. The van der Waals surface area contributed by atoms with Crippen molar-refractivity contribution in [2.24, 2.45) is 29.1 Å². The molecule has 0 spiro atoms. The number of hydrogen-bond acceptors (Lipinski definition) is 6. The van der Waals surface area contributed by atoms with E-state index in [-0.39, 0.29) is 46.9 Å². The molecule has 4 rings (SSSR count). The molecule has 0 radical (unpaired) electrons. The molecule has 178 valence electrons. The summed E-state index contributed by atoms with van der Waals surface area (Å²) in [5.41, 5.74) is 0.287. The molecule has 2 heterocycles. The summed E-state index contributed by atoms with van der Waals surface area (Å²) >= 11 is 0. The predicted molar refractivity (Wildman–Crippen MR) is 122 cm³/mol. The third-order valence-corrected chi connectivity index (χ3v) is 8.07. The molecule has 2 aromatic heterocycles. The summed E-state index contributed by atoms with van der Waals surface area (Å²) in [7, 11) is 0. The van der Waals surface area contributed by atoms with Crippen LogP contribution in [0.15, 0.2) is 41.4 Å². The minimum Gasteiger partial charge on any atom is -0.467 e. The fourth-order valence-electron chi connectivity index (χ4n) is 6.10. The maximum atomic E-state index is 12.8. The van der Waals surface area contributed by atoms with Crippen molar-refractivity contribution in [1.82, 2.24) is 20.6 Å². The maximum absolute atomic E-state index is 12.8.